The first kappa shape index (κ1) is 48.1. The summed E-state index contributed by atoms with van der Waals surface area (Å²) in [6.45, 7) is 9.34. The summed E-state index contributed by atoms with van der Waals surface area (Å²) in [6.07, 6.45) is 53.0. The largest absolute Gasteiger partial charge is 0.490 e. The van der Waals surface area contributed by atoms with Crippen molar-refractivity contribution >= 4 is 0 Å². The molecule has 310 valence electrons. The Labute approximate surface area is 334 Å². The van der Waals surface area contributed by atoms with Gasteiger partial charge < -0.3 is 10.1 Å². The van der Waals surface area contributed by atoms with Crippen LogP contribution >= 0.6 is 0 Å². The van der Waals surface area contributed by atoms with Crippen molar-refractivity contribution in [2.75, 3.05) is 0 Å². The molecule has 0 aromatic heterocycles. The highest BCUT2D eigenvalue weighted by atomic mass is 16.5. The molecule has 1 aromatic rings. The van der Waals surface area contributed by atoms with Gasteiger partial charge in [-0.25, -0.2) is 0 Å². The highest BCUT2D eigenvalue weighted by molar-refractivity contribution is 5.22. The standard InChI is InChI=1S/C51H95NO/c1-5-9-13-17-21-25-29-36-42-50(43-37-30-26-22-18-14-10-6-2)46-49(53-48-40-34-33-35-41-48)47-51(52-50,44-38-31-27-23-19-15-11-7-3)45-39-32-28-24-20-16-12-8-4/h33-35,40-41,49,52H,5-32,36-39,42-47H2,1-4H3. The number of hydrogen-bond acceptors (Lipinski definition) is 2. The summed E-state index contributed by atoms with van der Waals surface area (Å²) in [7, 11) is 0. The van der Waals surface area contributed by atoms with E-state index in [9.17, 15) is 0 Å². The van der Waals surface area contributed by atoms with E-state index < -0.39 is 0 Å². The number of unbranched alkanes of at least 4 members (excludes halogenated alkanes) is 28. The third-order valence-electron chi connectivity index (χ3n) is 12.8. The summed E-state index contributed by atoms with van der Waals surface area (Å²) in [5.41, 5.74) is 0.421. The Morgan fingerprint density at radius 2 is 0.660 bits per heavy atom. The lowest BCUT2D eigenvalue weighted by atomic mass is 9.69. The van der Waals surface area contributed by atoms with Gasteiger partial charge in [0.05, 0.1) is 0 Å². The molecular weight excluding hydrogens is 643 g/mol. The van der Waals surface area contributed by atoms with Gasteiger partial charge in [0, 0.05) is 23.9 Å². The molecule has 0 spiro atoms. The van der Waals surface area contributed by atoms with E-state index in [1.54, 1.807) is 0 Å². The van der Waals surface area contributed by atoms with Gasteiger partial charge in [-0.15, -0.1) is 0 Å². The Kier molecular flexibility index (Phi) is 30.1. The van der Waals surface area contributed by atoms with E-state index in [1.165, 1.54) is 244 Å². The predicted octanol–water partition coefficient (Wildman–Crippen LogP) is 17.4. The van der Waals surface area contributed by atoms with Crippen LogP contribution in [0.3, 0.4) is 0 Å². The molecule has 0 saturated carbocycles. The fraction of sp³-hybridized carbons (Fsp3) is 0.882. The molecule has 0 amide bonds. The molecule has 1 N–H and O–H groups in total. The number of piperidine rings is 1. The lowest BCUT2D eigenvalue weighted by Crippen LogP contribution is -2.65. The first-order chi connectivity index (χ1) is 26.1. The van der Waals surface area contributed by atoms with E-state index in [2.05, 4.69) is 58.0 Å². The highest BCUT2D eigenvalue weighted by Crippen LogP contribution is 2.43. The molecule has 0 aliphatic carbocycles. The van der Waals surface area contributed by atoms with Crippen molar-refractivity contribution in [3.05, 3.63) is 30.3 Å². The zero-order chi connectivity index (χ0) is 38.0. The molecule has 1 aliphatic heterocycles. The monoisotopic (exact) mass is 738 g/mol. The van der Waals surface area contributed by atoms with Gasteiger partial charge in [0.15, 0.2) is 0 Å². The summed E-state index contributed by atoms with van der Waals surface area (Å²) >= 11 is 0. The molecule has 53 heavy (non-hydrogen) atoms. The van der Waals surface area contributed by atoms with Crippen LogP contribution in [-0.4, -0.2) is 17.2 Å². The lowest BCUT2D eigenvalue weighted by molar-refractivity contribution is 0.00642. The molecule has 2 rings (SSSR count). The van der Waals surface area contributed by atoms with Crippen LogP contribution in [0.15, 0.2) is 30.3 Å². The maximum atomic E-state index is 7.06. The number of para-hydroxylation sites is 1. The van der Waals surface area contributed by atoms with E-state index >= 15 is 0 Å². The highest BCUT2D eigenvalue weighted by Gasteiger charge is 2.47. The van der Waals surface area contributed by atoms with Crippen LogP contribution in [0.2, 0.25) is 0 Å². The lowest BCUT2D eigenvalue weighted by Gasteiger charge is -2.53. The van der Waals surface area contributed by atoms with Crippen molar-refractivity contribution in [2.24, 2.45) is 0 Å². The van der Waals surface area contributed by atoms with Gasteiger partial charge in [-0.2, -0.15) is 0 Å². The van der Waals surface area contributed by atoms with Crippen molar-refractivity contribution in [2.45, 2.75) is 289 Å². The van der Waals surface area contributed by atoms with E-state index in [0.717, 1.165) is 5.75 Å². The Morgan fingerprint density at radius 1 is 0.396 bits per heavy atom. The Balaban J connectivity index is 2.22. The van der Waals surface area contributed by atoms with E-state index in [-0.39, 0.29) is 11.1 Å². The van der Waals surface area contributed by atoms with Crippen LogP contribution < -0.4 is 10.1 Å². The van der Waals surface area contributed by atoms with E-state index in [1.807, 2.05) is 0 Å². The number of benzene rings is 1. The normalized spacial score (nSPS) is 15.6. The number of ether oxygens (including phenoxy) is 1. The molecule has 1 heterocycles. The molecule has 1 aromatic carbocycles. The zero-order valence-corrected chi connectivity index (χ0v) is 36.7. The van der Waals surface area contributed by atoms with Crippen molar-refractivity contribution in [3.8, 4) is 5.75 Å². The average molecular weight is 738 g/mol. The minimum absolute atomic E-state index is 0.211. The second-order valence-electron chi connectivity index (χ2n) is 18.0. The molecule has 1 aliphatic rings. The quantitative estimate of drug-likeness (QED) is 0.0682. The fourth-order valence-electron chi connectivity index (χ4n) is 9.68. The molecule has 0 atom stereocenters. The predicted molar refractivity (Wildman–Crippen MR) is 238 cm³/mol. The van der Waals surface area contributed by atoms with Gasteiger partial charge in [0.2, 0.25) is 0 Å². The van der Waals surface area contributed by atoms with Crippen LogP contribution in [0.5, 0.6) is 5.75 Å². The van der Waals surface area contributed by atoms with Crippen molar-refractivity contribution in [3.63, 3.8) is 0 Å². The molecule has 0 bridgehead atoms. The molecule has 2 heteroatoms. The van der Waals surface area contributed by atoms with Gasteiger partial charge >= 0.3 is 0 Å². The van der Waals surface area contributed by atoms with Crippen LogP contribution in [0.1, 0.15) is 272 Å². The number of nitrogens with one attached hydrogen (secondary N) is 1. The summed E-state index contributed by atoms with van der Waals surface area (Å²) in [6, 6.07) is 10.9. The van der Waals surface area contributed by atoms with Gasteiger partial charge in [0.1, 0.15) is 11.9 Å². The minimum Gasteiger partial charge on any atom is -0.490 e. The van der Waals surface area contributed by atoms with E-state index in [4.69, 9.17) is 10.1 Å². The van der Waals surface area contributed by atoms with Crippen LogP contribution in [0, 0.1) is 0 Å². The summed E-state index contributed by atoms with van der Waals surface area (Å²) < 4.78 is 7.06. The molecule has 2 nitrogen and oxygen atoms in total. The zero-order valence-electron chi connectivity index (χ0n) is 36.7. The Hall–Kier alpha value is -1.02. The van der Waals surface area contributed by atoms with Gasteiger partial charge in [-0.3, -0.25) is 0 Å². The molecule has 0 unspecified atom stereocenters. The van der Waals surface area contributed by atoms with Gasteiger partial charge in [0.25, 0.3) is 0 Å². The molecule has 1 fully saturated rings. The molecular formula is C51H95NO. The van der Waals surface area contributed by atoms with Crippen molar-refractivity contribution < 1.29 is 4.74 Å². The second-order valence-corrected chi connectivity index (χ2v) is 18.0. The topological polar surface area (TPSA) is 21.3 Å². The van der Waals surface area contributed by atoms with Crippen molar-refractivity contribution in [1.82, 2.24) is 5.32 Å². The summed E-state index contributed by atoms with van der Waals surface area (Å²) in [4.78, 5) is 0. The van der Waals surface area contributed by atoms with Gasteiger partial charge in [-0.05, 0) is 37.8 Å². The minimum atomic E-state index is 0.211. The number of rotatable bonds is 38. The summed E-state index contributed by atoms with van der Waals surface area (Å²) in [5, 5.41) is 4.69. The SMILES string of the molecule is CCCCCCCCCCC1(CCCCCCCCCC)CC(Oc2ccccc2)CC(CCCCCCCCCC)(CCCCCCCCCC)N1. The first-order valence-electron chi connectivity index (χ1n) is 24.6. The van der Waals surface area contributed by atoms with Crippen LogP contribution in [0.4, 0.5) is 0 Å². The van der Waals surface area contributed by atoms with Crippen molar-refractivity contribution in [1.29, 1.82) is 0 Å². The maximum absolute atomic E-state index is 7.06. The number of hydrogen-bond donors (Lipinski definition) is 1. The van der Waals surface area contributed by atoms with Crippen LogP contribution in [0.25, 0.3) is 0 Å². The van der Waals surface area contributed by atoms with Crippen LogP contribution in [-0.2, 0) is 0 Å². The van der Waals surface area contributed by atoms with Gasteiger partial charge in [-0.1, -0.05) is 251 Å². The summed E-state index contributed by atoms with van der Waals surface area (Å²) in [5.74, 6) is 1.08. The molecule has 1 saturated heterocycles. The first-order valence-corrected chi connectivity index (χ1v) is 24.6. The Morgan fingerprint density at radius 3 is 0.943 bits per heavy atom. The third-order valence-corrected chi connectivity index (χ3v) is 12.8. The average Bonchev–Trinajstić information content (AvgIpc) is 3.16. The molecule has 0 radical (unpaired) electrons. The fourth-order valence-corrected chi connectivity index (χ4v) is 9.68. The Bertz CT molecular complexity index is 805. The maximum Gasteiger partial charge on any atom is 0.119 e. The second kappa shape index (κ2) is 33.2. The smallest absolute Gasteiger partial charge is 0.119 e. The van der Waals surface area contributed by atoms with E-state index in [0.29, 0.717) is 6.10 Å². The third kappa shape index (κ3) is 24.3.